The summed E-state index contributed by atoms with van der Waals surface area (Å²) >= 11 is 8.76. The summed E-state index contributed by atoms with van der Waals surface area (Å²) in [6.45, 7) is 9.24. The second-order valence-corrected chi connectivity index (χ2v) is 40.8. The molecule has 1 heterocycles. The number of H-pyrrole nitrogens is 1. The summed E-state index contributed by atoms with van der Waals surface area (Å²) in [6.07, 6.45) is 1.86. The Morgan fingerprint density at radius 2 is 1.54 bits per heavy atom. The van der Waals surface area contributed by atoms with Crippen LogP contribution in [0.4, 0.5) is 0 Å². The van der Waals surface area contributed by atoms with Gasteiger partial charge >= 0.3 is 64.9 Å². The Bertz CT molecular complexity index is 697. The molecule has 1 N–H and O–H groups in total. The summed E-state index contributed by atoms with van der Waals surface area (Å²) in [5, 5.41) is 0. The van der Waals surface area contributed by atoms with E-state index in [-0.39, 0.29) is 10.5 Å². The number of ether oxygens (including phenoxy) is 2. The van der Waals surface area contributed by atoms with Gasteiger partial charge in [-0.3, -0.25) is 4.79 Å². The Hall–Kier alpha value is 1.08. The topological polar surface area (TPSA) is 51.3 Å². The van der Waals surface area contributed by atoms with Gasteiger partial charge in [-0.2, -0.15) is 0 Å². The van der Waals surface area contributed by atoms with Gasteiger partial charge in [-0.25, -0.2) is 0 Å². The minimum atomic E-state index is -0.278. The van der Waals surface area contributed by atoms with Crippen LogP contribution in [0.3, 0.4) is 0 Å². The van der Waals surface area contributed by atoms with Crippen LogP contribution in [0.15, 0.2) is 35.1 Å². The molecule has 0 fully saturated rings. The van der Waals surface area contributed by atoms with Crippen molar-refractivity contribution in [3.8, 4) is 0 Å². The summed E-state index contributed by atoms with van der Waals surface area (Å²) < 4.78 is 10.5. The van der Waals surface area contributed by atoms with E-state index in [0.717, 1.165) is 18.8 Å². The predicted octanol–water partition coefficient (Wildman–Crippen LogP) is 4.64. The number of halogens is 3. The van der Waals surface area contributed by atoms with Gasteiger partial charge in [0.1, 0.15) is 0 Å². The Morgan fingerprint density at radius 3 is 1.85 bits per heavy atom. The Labute approximate surface area is 197 Å². The van der Waals surface area contributed by atoms with Gasteiger partial charge in [0.25, 0.3) is 5.56 Å². The molecule has 2 aromatic rings. The van der Waals surface area contributed by atoms with Crippen LogP contribution in [0.1, 0.15) is 19.4 Å². The molecule has 0 amide bonds. The molecule has 1 aromatic heterocycles. The number of aromatic nitrogens is 1. The number of thiazole rings is 1. The van der Waals surface area contributed by atoms with Crippen LogP contribution >= 0.6 is 71.3 Å². The van der Waals surface area contributed by atoms with Crippen LogP contribution in [0.5, 0.6) is 0 Å². The fraction of sp³-hybridized carbons (Fsp3) is 0.353. The van der Waals surface area contributed by atoms with Crippen molar-refractivity contribution in [2.24, 2.45) is 0 Å². The van der Waals surface area contributed by atoms with Crippen molar-refractivity contribution in [2.75, 3.05) is 27.4 Å². The quantitative estimate of drug-likeness (QED) is 0.466. The van der Waals surface area contributed by atoms with Crippen molar-refractivity contribution >= 4 is 83.9 Å². The average molecular weight is 755 g/mol. The SMILES string of the molecule is C=c1[nH]c(=O)c(=Cc2ccccc2)s1.CCOC.CCOC.[I][V]([I])[I]. The van der Waals surface area contributed by atoms with E-state index in [4.69, 9.17) is 0 Å². The molecule has 0 spiro atoms. The summed E-state index contributed by atoms with van der Waals surface area (Å²) in [5.74, 6) is 0. The van der Waals surface area contributed by atoms with E-state index >= 15 is 0 Å². The van der Waals surface area contributed by atoms with E-state index in [1.165, 1.54) is 11.3 Å². The first-order valence-corrected chi connectivity index (χ1v) is 21.9. The molecular formula is C17H25I3NO3SV. The van der Waals surface area contributed by atoms with Crippen molar-refractivity contribution in [3.63, 3.8) is 0 Å². The van der Waals surface area contributed by atoms with Crippen LogP contribution < -0.4 is 14.8 Å². The Kier molecular flexibility index (Phi) is 23.4. The van der Waals surface area contributed by atoms with E-state index in [2.05, 4.69) is 81.0 Å². The van der Waals surface area contributed by atoms with Crippen LogP contribution in [0.2, 0.25) is 0 Å². The standard InChI is InChI=1S/C11H9NOS.2C3H8O.3HI.V/c1-8-12-11(13)10(14-8)7-9-5-3-2-4-6-9;2*1-3-4-2;;;;/h2-7H,1H2,(H,12,13);2*3H2,1-2H3;3*1H;/q;;;;;;+3/p-3. The normalized spacial score (nSPS) is 10.1. The number of aromatic amines is 1. The van der Waals surface area contributed by atoms with Gasteiger partial charge in [0.05, 0.1) is 9.20 Å². The number of benzene rings is 1. The second kappa shape index (κ2) is 20.8. The molecule has 0 atom stereocenters. The molecule has 0 aliphatic heterocycles. The van der Waals surface area contributed by atoms with E-state index in [1.54, 1.807) is 14.2 Å². The molecule has 4 nitrogen and oxygen atoms in total. The third-order valence-corrected chi connectivity index (χ3v) is 3.26. The summed E-state index contributed by atoms with van der Waals surface area (Å²) in [7, 11) is 3.36. The zero-order chi connectivity index (χ0) is 20.4. The Balaban J connectivity index is 0. The third kappa shape index (κ3) is 19.8. The van der Waals surface area contributed by atoms with Crippen molar-refractivity contribution in [1.82, 2.24) is 4.98 Å². The predicted molar refractivity (Wildman–Crippen MR) is 137 cm³/mol. The summed E-state index contributed by atoms with van der Waals surface area (Å²) in [6, 6.07) is 9.75. The van der Waals surface area contributed by atoms with Gasteiger partial charge in [0.15, 0.2) is 0 Å². The summed E-state index contributed by atoms with van der Waals surface area (Å²) in [4.78, 5) is 13.7. The molecule has 0 radical (unpaired) electrons. The van der Waals surface area contributed by atoms with E-state index in [1.807, 2.05) is 50.3 Å². The maximum atomic E-state index is 11.3. The van der Waals surface area contributed by atoms with Crippen molar-refractivity contribution < 1.29 is 14.4 Å². The van der Waals surface area contributed by atoms with Crippen molar-refractivity contribution in [3.05, 3.63) is 55.4 Å². The minimum absolute atomic E-state index is 0.0659. The molecule has 26 heavy (non-hydrogen) atoms. The third-order valence-electron chi connectivity index (χ3n) is 2.38. The van der Waals surface area contributed by atoms with E-state index in [0.29, 0.717) is 9.20 Å². The molecule has 0 saturated carbocycles. The number of hydrogen-bond donors (Lipinski definition) is 1. The Morgan fingerprint density at radius 1 is 1.12 bits per heavy atom. The van der Waals surface area contributed by atoms with Gasteiger partial charge in [0.2, 0.25) is 0 Å². The first-order valence-electron chi connectivity index (χ1n) is 7.52. The zero-order valence-corrected chi connectivity index (χ0v) is 24.0. The maximum absolute atomic E-state index is 11.3. The van der Waals surface area contributed by atoms with Gasteiger partial charge in [-0.05, 0) is 25.5 Å². The molecule has 0 aliphatic carbocycles. The van der Waals surface area contributed by atoms with Gasteiger partial charge in [0, 0.05) is 27.4 Å². The van der Waals surface area contributed by atoms with Gasteiger partial charge < -0.3 is 14.5 Å². The first kappa shape index (κ1) is 29.3. The molecule has 1 aromatic carbocycles. The molecule has 148 valence electrons. The molecule has 0 saturated heterocycles. The van der Waals surface area contributed by atoms with Gasteiger partial charge in [-0.15, -0.1) is 11.3 Å². The van der Waals surface area contributed by atoms with Crippen LogP contribution in [0.25, 0.3) is 12.7 Å². The number of hydrogen-bond acceptors (Lipinski definition) is 4. The fourth-order valence-electron chi connectivity index (χ4n) is 1.19. The molecule has 0 unspecified atom stereocenters. The van der Waals surface area contributed by atoms with Crippen LogP contribution in [0, 0.1) is 0 Å². The molecular weight excluding hydrogens is 730 g/mol. The monoisotopic (exact) mass is 755 g/mol. The molecule has 0 bridgehead atoms. The average Bonchev–Trinajstić information content (AvgIpc) is 2.93. The van der Waals surface area contributed by atoms with Gasteiger partial charge in [-0.1, -0.05) is 36.9 Å². The molecule has 2 rings (SSSR count). The van der Waals surface area contributed by atoms with E-state index < -0.39 is 0 Å². The van der Waals surface area contributed by atoms with Crippen LogP contribution in [-0.4, -0.2) is 32.4 Å². The van der Waals surface area contributed by atoms with Crippen LogP contribution in [-0.2, 0) is 14.4 Å². The fourth-order valence-corrected chi connectivity index (χ4v) is 1.94. The second-order valence-electron chi connectivity index (χ2n) is 4.24. The zero-order valence-electron chi connectivity index (χ0n) is 15.3. The number of nitrogens with one attached hydrogen (secondary N) is 1. The summed E-state index contributed by atoms with van der Waals surface area (Å²) in [5.41, 5.74) is 0.962. The number of rotatable bonds is 3. The first-order chi connectivity index (χ1) is 12.3. The molecule has 0 aliphatic rings. The van der Waals surface area contributed by atoms with E-state index in [9.17, 15) is 4.79 Å². The molecule has 9 heteroatoms. The van der Waals surface area contributed by atoms with Crippen molar-refractivity contribution in [1.29, 1.82) is 0 Å². The number of methoxy groups -OCH3 is 2. The van der Waals surface area contributed by atoms with Crippen molar-refractivity contribution in [2.45, 2.75) is 13.8 Å².